The van der Waals surface area contributed by atoms with E-state index >= 15 is 0 Å². The molecule has 0 unspecified atom stereocenters. The number of thiazole rings is 1. The first kappa shape index (κ1) is 51.8. The van der Waals surface area contributed by atoms with Crippen LogP contribution in [0.15, 0.2) is 78.4 Å². The van der Waals surface area contributed by atoms with E-state index in [0.717, 1.165) is 28.8 Å². The molecule has 17 heteroatoms. The van der Waals surface area contributed by atoms with Crippen LogP contribution in [0.4, 0.5) is 0 Å². The lowest BCUT2D eigenvalue weighted by atomic mass is 9.49. The van der Waals surface area contributed by atoms with E-state index in [1.807, 2.05) is 45.0 Å². The van der Waals surface area contributed by atoms with Gasteiger partial charge in [-0.05, 0) is 65.8 Å². The number of likely N-dealkylation sites (tertiary alicyclic amines) is 1. The Hall–Kier alpha value is -5.57. The molecule has 1 saturated heterocycles. The van der Waals surface area contributed by atoms with E-state index in [4.69, 9.17) is 30.5 Å². The second kappa shape index (κ2) is 22.7. The summed E-state index contributed by atoms with van der Waals surface area (Å²) in [6.07, 6.45) is 2.28. The third-order valence-electron chi connectivity index (χ3n) is 12.5. The molecule has 68 heavy (non-hydrogen) atoms. The molecule has 0 radical (unpaired) electrons. The molecule has 0 spiro atoms. The van der Waals surface area contributed by atoms with Crippen molar-refractivity contribution in [3.63, 3.8) is 0 Å². The molecule has 3 aromatic carbocycles. The molecule has 2 fully saturated rings. The first-order valence-corrected chi connectivity index (χ1v) is 24.1. The SMILES string of the molecule is CC1(C)C(NC(=O)c2ccc(OCCCCOCCOCC(=O)N[C@H](C(=O)N3C[C@H](O)C[C@H]3C(=O)NCc3ccc(-c4cncs4)cc3)C(C)(C)C)cc2)C(C)(C)C1Oc1ccc(C#N)c(Cl)c1. The summed E-state index contributed by atoms with van der Waals surface area (Å²) in [5.41, 5.74) is 3.12. The van der Waals surface area contributed by atoms with Crippen LogP contribution < -0.4 is 25.4 Å². The summed E-state index contributed by atoms with van der Waals surface area (Å²) in [6, 6.07) is 19.9. The van der Waals surface area contributed by atoms with Crippen molar-refractivity contribution in [3.05, 3.63) is 100 Å². The minimum absolute atomic E-state index is 0.0194. The lowest BCUT2D eigenvalue weighted by molar-refractivity contribution is -0.164. The fourth-order valence-corrected chi connectivity index (χ4v) is 10.0. The van der Waals surface area contributed by atoms with Gasteiger partial charge in [-0.2, -0.15) is 5.26 Å². The summed E-state index contributed by atoms with van der Waals surface area (Å²) in [6.45, 7) is 15.0. The number of carbonyl (C=O) groups is 4. The van der Waals surface area contributed by atoms with E-state index < -0.39 is 35.4 Å². The molecule has 4 N–H and O–H groups in total. The van der Waals surface area contributed by atoms with Gasteiger partial charge in [0.05, 0.1) is 46.9 Å². The Labute approximate surface area is 407 Å². The smallest absolute Gasteiger partial charge is 0.251 e. The van der Waals surface area contributed by atoms with Gasteiger partial charge >= 0.3 is 0 Å². The van der Waals surface area contributed by atoms with Crippen LogP contribution in [-0.4, -0.2) is 109 Å². The largest absolute Gasteiger partial charge is 0.494 e. The van der Waals surface area contributed by atoms with E-state index in [1.54, 1.807) is 65.5 Å². The molecule has 1 aliphatic heterocycles. The van der Waals surface area contributed by atoms with E-state index in [1.165, 1.54) is 4.90 Å². The normalized spacial score (nSPS) is 19.8. The third kappa shape index (κ3) is 12.9. The number of aromatic nitrogens is 1. The highest BCUT2D eigenvalue weighted by Crippen LogP contribution is 2.55. The molecule has 4 aromatic rings. The van der Waals surface area contributed by atoms with E-state index in [2.05, 4.69) is 54.7 Å². The number of hydrogen-bond acceptors (Lipinski definition) is 12. The van der Waals surface area contributed by atoms with Crippen LogP contribution in [0.25, 0.3) is 10.4 Å². The number of rotatable bonds is 21. The fourth-order valence-electron chi connectivity index (χ4n) is 9.17. The summed E-state index contributed by atoms with van der Waals surface area (Å²) in [5, 5.41) is 29.0. The van der Waals surface area contributed by atoms with Crippen LogP contribution in [0.2, 0.25) is 5.02 Å². The number of aliphatic hydroxyl groups is 1. The van der Waals surface area contributed by atoms with Gasteiger partial charge in [-0.15, -0.1) is 11.3 Å². The van der Waals surface area contributed by atoms with Crippen LogP contribution in [0.5, 0.6) is 11.5 Å². The second-order valence-electron chi connectivity index (χ2n) is 19.6. The first-order valence-electron chi connectivity index (χ1n) is 22.9. The number of β-amino-alcohol motifs (C(OH)–C–C–N with tert-alkyl or cyclic N) is 1. The summed E-state index contributed by atoms with van der Waals surface area (Å²) < 4.78 is 23.5. The summed E-state index contributed by atoms with van der Waals surface area (Å²) >= 11 is 7.77. The predicted molar refractivity (Wildman–Crippen MR) is 259 cm³/mol. The molecule has 2 aliphatic rings. The number of halogens is 1. The minimum atomic E-state index is -0.967. The number of nitrogens with zero attached hydrogens (tertiary/aromatic N) is 3. The summed E-state index contributed by atoms with van der Waals surface area (Å²) in [5.74, 6) is -0.275. The Morgan fingerprint density at radius 2 is 1.62 bits per heavy atom. The van der Waals surface area contributed by atoms with Crippen molar-refractivity contribution in [2.24, 2.45) is 16.2 Å². The summed E-state index contributed by atoms with van der Waals surface area (Å²) in [7, 11) is 0. The molecule has 4 amide bonds. The molecular formula is C51H63ClN6O9S. The van der Waals surface area contributed by atoms with Gasteiger partial charge in [-0.25, -0.2) is 0 Å². The number of hydrogen-bond donors (Lipinski definition) is 4. The fraction of sp³-hybridized carbons (Fsp3) is 0.490. The van der Waals surface area contributed by atoms with Gasteiger partial charge in [0.1, 0.15) is 42.4 Å². The van der Waals surface area contributed by atoms with Gasteiger partial charge in [0.2, 0.25) is 17.7 Å². The quantitative estimate of drug-likeness (QED) is 0.0630. The second-order valence-corrected chi connectivity index (χ2v) is 20.9. The topological polar surface area (TPSA) is 201 Å². The van der Waals surface area contributed by atoms with Crippen molar-refractivity contribution >= 4 is 46.6 Å². The molecule has 3 atom stereocenters. The maximum Gasteiger partial charge on any atom is 0.251 e. The Morgan fingerprint density at radius 3 is 2.26 bits per heavy atom. The molecule has 0 bridgehead atoms. The first-order chi connectivity index (χ1) is 32.3. The zero-order valence-corrected chi connectivity index (χ0v) is 41.4. The molecule has 15 nitrogen and oxygen atoms in total. The van der Waals surface area contributed by atoms with E-state index in [9.17, 15) is 29.5 Å². The van der Waals surface area contributed by atoms with Gasteiger partial charge in [0, 0.05) is 60.8 Å². The van der Waals surface area contributed by atoms with Gasteiger partial charge in [0.15, 0.2) is 0 Å². The Morgan fingerprint density at radius 1 is 0.941 bits per heavy atom. The van der Waals surface area contributed by atoms with Crippen molar-refractivity contribution in [1.29, 1.82) is 5.26 Å². The monoisotopic (exact) mass is 970 g/mol. The van der Waals surface area contributed by atoms with Crippen molar-refractivity contribution in [3.8, 4) is 28.0 Å². The van der Waals surface area contributed by atoms with Gasteiger partial charge in [0.25, 0.3) is 5.91 Å². The minimum Gasteiger partial charge on any atom is -0.494 e. The van der Waals surface area contributed by atoms with Gasteiger partial charge in [-0.3, -0.25) is 24.2 Å². The van der Waals surface area contributed by atoms with Crippen molar-refractivity contribution < 1.29 is 43.2 Å². The highest BCUT2D eigenvalue weighted by atomic mass is 35.5. The molecule has 364 valence electrons. The third-order valence-corrected chi connectivity index (χ3v) is 13.7. The number of carbonyl (C=O) groups excluding carboxylic acids is 4. The maximum atomic E-state index is 13.9. The highest BCUT2D eigenvalue weighted by Gasteiger charge is 2.64. The molecule has 6 rings (SSSR count). The van der Waals surface area contributed by atoms with Gasteiger partial charge < -0.3 is 44.9 Å². The predicted octanol–water partition coefficient (Wildman–Crippen LogP) is 6.95. The van der Waals surface area contributed by atoms with Crippen molar-refractivity contribution in [2.75, 3.05) is 39.6 Å². The maximum absolute atomic E-state index is 13.9. The van der Waals surface area contributed by atoms with Crippen molar-refractivity contribution in [1.82, 2.24) is 25.8 Å². The number of unbranched alkanes of at least 4 members (excludes halogenated alkanes) is 1. The number of nitriles is 1. The van der Waals surface area contributed by atoms with Crippen LogP contribution >= 0.6 is 22.9 Å². The molecule has 1 aliphatic carbocycles. The lowest BCUT2D eigenvalue weighted by Crippen LogP contribution is -2.74. The standard InChI is InChI=1S/C51H63ClN6O9S/c1-49(2,3)43(46(63)58-29-36(59)24-40(58)45(62)55-27-32-10-12-33(13-11-32)41-28-54-31-68-41)56-42(60)30-65-23-22-64-20-8-9-21-66-37-17-14-34(15-18-37)44(61)57-47-50(4,5)48(51(47,6)7)67-38-19-16-35(26-53)39(52)25-38/h10-19,25,28,31,36,40,43,47-48,59H,8-9,20-24,27,29-30H2,1-7H3,(H,55,62)(H,56,60)(H,57,61)/t36-,40+,43-,47?,48?/m1/s1. The average molecular weight is 972 g/mol. The van der Waals surface area contributed by atoms with E-state index in [0.29, 0.717) is 40.9 Å². The highest BCUT2D eigenvalue weighted by molar-refractivity contribution is 7.13. The van der Waals surface area contributed by atoms with Crippen LogP contribution in [0.3, 0.4) is 0 Å². The number of aliphatic hydroxyl groups excluding tert-OH is 1. The van der Waals surface area contributed by atoms with E-state index in [-0.39, 0.29) is 74.1 Å². The van der Waals surface area contributed by atoms with Crippen LogP contribution in [-0.2, 0) is 30.4 Å². The van der Waals surface area contributed by atoms with Crippen molar-refractivity contribution in [2.45, 2.75) is 105 Å². The lowest BCUT2D eigenvalue weighted by Gasteiger charge is -2.63. The van der Waals surface area contributed by atoms with Gasteiger partial charge in [-0.1, -0.05) is 84.3 Å². The molecular weight excluding hydrogens is 908 g/mol. The number of nitrogens with one attached hydrogen (secondary N) is 3. The Bertz CT molecular complexity index is 2380. The van der Waals surface area contributed by atoms with Crippen LogP contribution in [0.1, 0.15) is 89.2 Å². The number of benzene rings is 3. The zero-order chi connectivity index (χ0) is 49.2. The Balaban J connectivity index is 0.843. The summed E-state index contributed by atoms with van der Waals surface area (Å²) in [4.78, 5) is 60.1. The number of amides is 4. The number of ether oxygens (including phenoxy) is 4. The molecule has 1 saturated carbocycles. The zero-order valence-electron chi connectivity index (χ0n) is 39.8. The molecule has 1 aromatic heterocycles. The molecule has 2 heterocycles. The average Bonchev–Trinajstić information content (AvgIpc) is 3.99. The Kier molecular flexibility index (Phi) is 17.3. The van der Waals surface area contributed by atoms with Crippen LogP contribution in [0, 0.1) is 27.6 Å².